The summed E-state index contributed by atoms with van der Waals surface area (Å²) in [5.74, 6) is 1.40. The third kappa shape index (κ3) is 23.9. The van der Waals surface area contributed by atoms with Gasteiger partial charge in [-0.25, -0.2) is 16.8 Å². The molecule has 0 saturated heterocycles. The molecule has 0 heterocycles. The maximum atomic E-state index is 9.65. The molecule has 0 aliphatic rings. The van der Waals surface area contributed by atoms with Gasteiger partial charge in [0.25, 0.3) is 0 Å². The number of aromatic hydroxyl groups is 4. The van der Waals surface area contributed by atoms with Gasteiger partial charge in [0.05, 0.1) is 0 Å². The number of hydrogen-bond acceptors (Lipinski definition) is 9. The molecule has 0 bridgehead atoms. The molecule has 4 N–H and O–H groups in total. The van der Waals surface area contributed by atoms with Crippen molar-refractivity contribution in [1.82, 2.24) is 0 Å². The van der Waals surface area contributed by atoms with Gasteiger partial charge in [0, 0.05) is 21.5 Å². The van der Waals surface area contributed by atoms with Gasteiger partial charge in [-0.2, -0.15) is 0 Å². The Bertz CT molecular complexity index is 4390. The second kappa shape index (κ2) is 40.7. The average Bonchev–Trinajstić information content (AvgIpc) is 0.889. The van der Waals surface area contributed by atoms with E-state index in [2.05, 4.69) is 194 Å². The van der Waals surface area contributed by atoms with Crippen molar-refractivity contribution in [1.29, 1.82) is 0 Å². The third-order valence-corrected chi connectivity index (χ3v) is 16.5. The SMILES string of the molecule is O=C([SH](=O)=O)[SH](=O)=O.Oc1cccc2ccccc12.Oc1cccc2ccccc12.Oc1cccc2ccccc12.Oc1cccc2ccccc12.c1ccc(-c2ccccc2)cc1.c1ccc(-c2ccccc2)cc1.c1ccc(-c2ccccc2)cc1.c1ccc(-c2ccccc2)cc1. The third-order valence-electron chi connectivity index (χ3n) is 14.9. The van der Waals surface area contributed by atoms with E-state index in [0.717, 1.165) is 43.1 Å². The fraction of sp³-hybridized carbons (Fsp3) is 0. The summed E-state index contributed by atoms with van der Waals surface area (Å²) in [4.78, 5) is 9.65. The predicted octanol–water partition coefficient (Wildman–Crippen LogP) is 21.9. The number of rotatable bonds is 4. The first kappa shape index (κ1) is 73.1. The number of phenolic OH excluding ortho intramolecular Hbond substituents is 4. The summed E-state index contributed by atoms with van der Waals surface area (Å²) in [5.41, 5.74) is 10.2. The Labute approximate surface area is 587 Å². The molecule has 16 rings (SSSR count). The summed E-state index contributed by atoms with van der Waals surface area (Å²) in [5, 5.41) is 45.4. The van der Waals surface area contributed by atoms with Crippen molar-refractivity contribution in [3.8, 4) is 67.5 Å². The minimum absolute atomic E-state index is 0.350. The molecular weight excluding hydrogens is 1280 g/mol. The first-order chi connectivity index (χ1) is 48.9. The Morgan fingerprint density at radius 3 is 0.430 bits per heavy atom. The molecule has 16 aromatic rings. The molecule has 0 aliphatic carbocycles. The highest BCUT2D eigenvalue weighted by molar-refractivity contribution is 8.15. The molecule has 0 radical (unpaired) electrons. The van der Waals surface area contributed by atoms with Crippen molar-refractivity contribution >= 4 is 68.9 Å². The molecule has 0 spiro atoms. The summed E-state index contributed by atoms with van der Waals surface area (Å²) in [6.07, 6.45) is 0. The van der Waals surface area contributed by atoms with Crippen LogP contribution in [0.3, 0.4) is 0 Å². The first-order valence-corrected chi connectivity index (χ1v) is 34.2. The normalized spacial score (nSPS) is 9.94. The minimum Gasteiger partial charge on any atom is -0.507 e. The number of carbonyl (C=O) groups is 1. The highest BCUT2D eigenvalue weighted by Crippen LogP contribution is 2.27. The Hall–Kier alpha value is -12.7. The van der Waals surface area contributed by atoms with Gasteiger partial charge in [-0.15, -0.1) is 0 Å². The van der Waals surface area contributed by atoms with Crippen molar-refractivity contribution in [3.05, 3.63) is 413 Å². The van der Waals surface area contributed by atoms with Crippen LogP contribution in [0.15, 0.2) is 413 Å². The molecule has 0 unspecified atom stereocenters. The van der Waals surface area contributed by atoms with E-state index in [4.69, 9.17) is 0 Å². The van der Waals surface area contributed by atoms with Crippen LogP contribution in [0.25, 0.3) is 87.6 Å². The zero-order valence-corrected chi connectivity index (χ0v) is 56.3. The largest absolute Gasteiger partial charge is 0.507 e. The topological polar surface area (TPSA) is 166 Å². The van der Waals surface area contributed by atoms with E-state index >= 15 is 0 Å². The summed E-state index contributed by atoms with van der Waals surface area (Å²) in [7, 11) is -6.87. The Balaban J connectivity index is 0.000000143. The lowest BCUT2D eigenvalue weighted by atomic mass is 10.1. The molecule has 16 aromatic carbocycles. The van der Waals surface area contributed by atoms with E-state index < -0.39 is 25.9 Å². The molecule has 0 amide bonds. The quantitative estimate of drug-likeness (QED) is 0.0941. The van der Waals surface area contributed by atoms with Gasteiger partial charge >= 0.3 is 4.45 Å². The highest BCUT2D eigenvalue weighted by atomic mass is 32.2. The first-order valence-electron chi connectivity index (χ1n) is 31.8. The van der Waals surface area contributed by atoms with E-state index in [-0.39, 0.29) is 0 Å². The zero-order valence-electron chi connectivity index (χ0n) is 54.5. The molecule has 0 fully saturated rings. The lowest BCUT2D eigenvalue weighted by molar-refractivity contribution is 0.274. The second-order valence-electron chi connectivity index (χ2n) is 21.7. The smallest absolute Gasteiger partial charge is 0.354 e. The molecule has 11 heteroatoms. The van der Waals surface area contributed by atoms with E-state index in [9.17, 15) is 42.1 Å². The number of carbonyl (C=O) groups excluding carboxylic acids is 1. The van der Waals surface area contributed by atoms with Crippen LogP contribution >= 0.6 is 0 Å². The van der Waals surface area contributed by atoms with Crippen LogP contribution in [0.1, 0.15) is 0 Å². The molecule has 9 nitrogen and oxygen atoms in total. The van der Waals surface area contributed by atoms with Crippen molar-refractivity contribution in [2.75, 3.05) is 0 Å². The van der Waals surface area contributed by atoms with Gasteiger partial charge < -0.3 is 20.4 Å². The van der Waals surface area contributed by atoms with Gasteiger partial charge in [-0.3, -0.25) is 4.79 Å². The molecule has 0 atom stereocenters. The monoisotopic (exact) mass is 1350 g/mol. The van der Waals surface area contributed by atoms with Crippen LogP contribution in [-0.2, 0) is 21.4 Å². The van der Waals surface area contributed by atoms with Crippen LogP contribution in [0.4, 0.5) is 4.79 Å². The van der Waals surface area contributed by atoms with Crippen molar-refractivity contribution in [3.63, 3.8) is 0 Å². The number of benzene rings is 16. The average molecular weight is 1350 g/mol. The Morgan fingerprint density at radius 2 is 0.300 bits per heavy atom. The molecule has 496 valence electrons. The summed E-state index contributed by atoms with van der Waals surface area (Å²) in [6.45, 7) is 0. The fourth-order valence-electron chi connectivity index (χ4n) is 9.94. The van der Waals surface area contributed by atoms with Crippen LogP contribution in [0.2, 0.25) is 0 Å². The van der Waals surface area contributed by atoms with Crippen molar-refractivity contribution < 1.29 is 42.1 Å². The zero-order chi connectivity index (χ0) is 70.4. The van der Waals surface area contributed by atoms with Crippen molar-refractivity contribution in [2.24, 2.45) is 0 Å². The maximum absolute atomic E-state index is 9.65. The highest BCUT2D eigenvalue weighted by Gasteiger charge is 2.04. The van der Waals surface area contributed by atoms with Crippen LogP contribution in [0, 0.1) is 0 Å². The van der Waals surface area contributed by atoms with E-state index in [1.807, 2.05) is 194 Å². The van der Waals surface area contributed by atoms with Crippen LogP contribution < -0.4 is 0 Å². The van der Waals surface area contributed by atoms with Crippen molar-refractivity contribution in [2.45, 2.75) is 0 Å². The van der Waals surface area contributed by atoms with Crippen LogP contribution in [-0.4, -0.2) is 41.7 Å². The lowest BCUT2D eigenvalue weighted by Gasteiger charge is -1.98. The molecular formula is C89H74O9S2. The van der Waals surface area contributed by atoms with Crippen LogP contribution in [0.5, 0.6) is 23.0 Å². The molecule has 0 aliphatic heterocycles. The lowest BCUT2D eigenvalue weighted by Crippen LogP contribution is -1.96. The molecule has 0 aromatic heterocycles. The minimum atomic E-state index is -3.44. The van der Waals surface area contributed by atoms with E-state index in [0.29, 0.717) is 23.0 Å². The number of fused-ring (bicyclic) bond motifs is 4. The van der Waals surface area contributed by atoms with Gasteiger partial charge in [-0.05, 0) is 90.3 Å². The number of phenols is 4. The maximum Gasteiger partial charge on any atom is 0.354 e. The molecule has 0 saturated carbocycles. The Kier molecular flexibility index (Phi) is 29.7. The summed E-state index contributed by atoms with van der Waals surface area (Å²) in [6, 6.07) is 136. The van der Waals surface area contributed by atoms with Gasteiger partial charge in [-0.1, -0.05) is 388 Å². The van der Waals surface area contributed by atoms with Gasteiger partial charge in [0.2, 0.25) is 21.4 Å². The predicted molar refractivity (Wildman–Crippen MR) is 416 cm³/mol. The number of hydrogen-bond donors (Lipinski definition) is 6. The summed E-state index contributed by atoms with van der Waals surface area (Å²) < 4.78 is 36.0. The number of thiol groups is 2. The van der Waals surface area contributed by atoms with E-state index in [1.54, 1.807) is 24.3 Å². The molecule has 100 heavy (non-hydrogen) atoms. The fourth-order valence-corrected chi connectivity index (χ4v) is 10.5. The second-order valence-corrected chi connectivity index (χ2v) is 23.9. The van der Waals surface area contributed by atoms with E-state index in [1.165, 1.54) is 44.5 Å². The Morgan fingerprint density at radius 1 is 0.170 bits per heavy atom. The standard InChI is InChI=1S/4C12H10.4C10H8O.CH2O5S2/c4*1-3-7-11(8-4-1)12-9-5-2-6-10-12;4*11-10-7-3-5-8-4-1-2-6-9(8)10;2-1(7(3)4)8(5)6/h4*1-10H;4*1-7,11H;7-8H. The van der Waals surface area contributed by atoms with Gasteiger partial charge in [0.1, 0.15) is 23.0 Å². The van der Waals surface area contributed by atoms with Gasteiger partial charge in [0.15, 0.2) is 0 Å². The summed E-state index contributed by atoms with van der Waals surface area (Å²) >= 11 is 0.